The molecule has 0 fully saturated rings. The molecule has 106 valence electrons. The summed E-state index contributed by atoms with van der Waals surface area (Å²) in [6.45, 7) is 3.21. The highest BCUT2D eigenvalue weighted by molar-refractivity contribution is 5.83. The van der Waals surface area contributed by atoms with Gasteiger partial charge in [-0.3, -0.25) is 0 Å². The molecule has 0 atom stereocenters. The van der Waals surface area contributed by atoms with Crippen molar-refractivity contribution in [1.82, 2.24) is 4.57 Å². The van der Waals surface area contributed by atoms with E-state index in [4.69, 9.17) is 0 Å². The van der Waals surface area contributed by atoms with Crippen molar-refractivity contribution in [3.05, 3.63) is 24.3 Å². The number of imidazole rings is 1. The van der Waals surface area contributed by atoms with Crippen LogP contribution in [0.25, 0.3) is 6.08 Å². The van der Waals surface area contributed by atoms with Gasteiger partial charge in [0.15, 0.2) is 5.69 Å². The highest BCUT2D eigenvalue weighted by Crippen LogP contribution is 2.05. The number of rotatable bonds is 9. The van der Waals surface area contributed by atoms with Crippen LogP contribution in [0.15, 0.2) is 18.6 Å². The molecule has 4 nitrogen and oxygen atoms in total. The van der Waals surface area contributed by atoms with E-state index in [1.54, 1.807) is 6.08 Å². The summed E-state index contributed by atoms with van der Waals surface area (Å²) < 4.78 is 4.02. The van der Waals surface area contributed by atoms with Crippen molar-refractivity contribution in [2.75, 3.05) is 0 Å². The number of aliphatic carboxylic acids is 1. The normalized spacial score (nSPS) is 11.3. The van der Waals surface area contributed by atoms with Gasteiger partial charge in [0.1, 0.15) is 6.20 Å². The zero-order valence-corrected chi connectivity index (χ0v) is 12.0. The number of nitrogens with zero attached hydrogens (tertiary/aromatic N) is 2. The summed E-state index contributed by atoms with van der Waals surface area (Å²) in [5, 5.41) is 10.4. The fourth-order valence-corrected chi connectivity index (χ4v) is 2.09. The Morgan fingerprint density at radius 2 is 2.00 bits per heavy atom. The number of carboxylic acids is 1. The van der Waals surface area contributed by atoms with Crippen LogP contribution in [0.5, 0.6) is 0 Å². The van der Waals surface area contributed by atoms with Gasteiger partial charge in [-0.05, 0) is 25.0 Å². The zero-order valence-electron chi connectivity index (χ0n) is 12.0. The second-order valence-electron chi connectivity index (χ2n) is 4.94. The smallest absolute Gasteiger partial charge is 0.244 e. The first-order valence-electron chi connectivity index (χ1n) is 7.08. The fourth-order valence-electron chi connectivity index (χ4n) is 2.09. The number of carbonyl (C=O) groups excluding carboxylic acids is 1. The predicted molar refractivity (Wildman–Crippen MR) is 73.0 cm³/mol. The Balaban J connectivity index is 2.35. The van der Waals surface area contributed by atoms with Crippen LogP contribution < -0.4 is 9.67 Å². The number of hydrogen-bond acceptors (Lipinski definition) is 2. The van der Waals surface area contributed by atoms with E-state index in [2.05, 4.69) is 11.5 Å². The number of aromatic nitrogens is 2. The minimum atomic E-state index is -1.16. The lowest BCUT2D eigenvalue weighted by atomic mass is 10.1. The van der Waals surface area contributed by atoms with Crippen LogP contribution in [0.3, 0.4) is 0 Å². The Morgan fingerprint density at radius 3 is 2.68 bits per heavy atom. The molecule has 1 aromatic rings. The minimum Gasteiger partial charge on any atom is -0.545 e. The quantitative estimate of drug-likeness (QED) is 0.385. The molecule has 0 saturated heterocycles. The minimum absolute atomic E-state index is 0.871. The molecule has 0 aliphatic carbocycles. The Labute approximate surface area is 115 Å². The van der Waals surface area contributed by atoms with Crippen molar-refractivity contribution in [2.45, 2.75) is 52.0 Å². The van der Waals surface area contributed by atoms with Crippen LogP contribution in [0, 0.1) is 0 Å². The number of carboxylic acid groups (broad SMARTS) is 1. The summed E-state index contributed by atoms with van der Waals surface area (Å²) in [5.74, 6) is -1.16. The first-order valence-corrected chi connectivity index (χ1v) is 7.08. The maximum Gasteiger partial charge on any atom is 0.244 e. The first-order chi connectivity index (χ1) is 9.13. The fraction of sp³-hybridized carbons (Fsp3) is 0.600. The SMILES string of the molecule is CCCCCCCC[n+]1cc(/C=C/C(=O)[O-])n(C)c1. The Morgan fingerprint density at radius 1 is 1.32 bits per heavy atom. The molecular formula is C15H24N2O2. The summed E-state index contributed by atoms with van der Waals surface area (Å²) in [6, 6.07) is 0. The molecule has 0 bridgehead atoms. The lowest BCUT2D eigenvalue weighted by Crippen LogP contribution is -2.30. The molecule has 0 N–H and O–H groups in total. The molecule has 0 spiro atoms. The number of hydrogen-bond donors (Lipinski definition) is 0. The van der Waals surface area contributed by atoms with Crippen molar-refractivity contribution >= 4 is 12.0 Å². The average Bonchev–Trinajstić information content (AvgIpc) is 2.72. The molecule has 0 aromatic carbocycles. The van der Waals surface area contributed by atoms with E-state index < -0.39 is 5.97 Å². The molecule has 0 aliphatic heterocycles. The largest absolute Gasteiger partial charge is 0.545 e. The van der Waals surface area contributed by atoms with Gasteiger partial charge in [-0.15, -0.1) is 0 Å². The van der Waals surface area contributed by atoms with E-state index in [-0.39, 0.29) is 0 Å². The second kappa shape index (κ2) is 8.51. The topological polar surface area (TPSA) is 48.9 Å². The Kier molecular flexibility index (Phi) is 6.93. The average molecular weight is 264 g/mol. The van der Waals surface area contributed by atoms with Gasteiger partial charge in [-0.25, -0.2) is 9.13 Å². The molecule has 1 aromatic heterocycles. The van der Waals surface area contributed by atoms with Crippen molar-refractivity contribution in [3.8, 4) is 0 Å². The third-order valence-electron chi connectivity index (χ3n) is 3.19. The molecule has 0 saturated carbocycles. The molecular weight excluding hydrogens is 240 g/mol. The standard InChI is InChI=1S/C15H24N2O2/c1-3-4-5-6-7-8-11-17-12-14(16(2)13-17)9-10-15(18)19/h9-10,12-13H,3-8,11H2,1-2H3/b10-9+. The summed E-state index contributed by atoms with van der Waals surface area (Å²) in [4.78, 5) is 10.4. The van der Waals surface area contributed by atoms with Gasteiger partial charge in [0.05, 0.1) is 19.6 Å². The summed E-state index contributed by atoms with van der Waals surface area (Å²) in [7, 11) is 1.91. The van der Waals surface area contributed by atoms with Gasteiger partial charge in [0.25, 0.3) is 0 Å². The molecule has 0 radical (unpaired) electrons. The summed E-state index contributed by atoms with van der Waals surface area (Å²) >= 11 is 0. The molecule has 0 amide bonds. The Hall–Kier alpha value is -1.58. The van der Waals surface area contributed by atoms with E-state index in [0.717, 1.165) is 18.3 Å². The van der Waals surface area contributed by atoms with Gasteiger partial charge in [0, 0.05) is 0 Å². The highest BCUT2D eigenvalue weighted by atomic mass is 16.4. The lowest BCUT2D eigenvalue weighted by molar-refractivity contribution is -0.696. The number of unbranched alkanes of at least 4 members (excludes halogenated alkanes) is 5. The number of aryl methyl sites for hydroxylation is 2. The molecule has 1 rings (SSSR count). The third-order valence-corrected chi connectivity index (χ3v) is 3.19. The highest BCUT2D eigenvalue weighted by Gasteiger charge is 2.06. The van der Waals surface area contributed by atoms with E-state index in [9.17, 15) is 9.90 Å². The van der Waals surface area contributed by atoms with E-state index in [1.807, 2.05) is 24.1 Å². The molecule has 19 heavy (non-hydrogen) atoms. The lowest BCUT2D eigenvalue weighted by Gasteiger charge is -1.98. The van der Waals surface area contributed by atoms with Crippen LogP contribution in [-0.2, 0) is 18.4 Å². The maximum atomic E-state index is 10.4. The third kappa shape index (κ3) is 6.22. The van der Waals surface area contributed by atoms with Gasteiger partial charge in [0.2, 0.25) is 6.33 Å². The van der Waals surface area contributed by atoms with E-state index >= 15 is 0 Å². The van der Waals surface area contributed by atoms with E-state index in [1.165, 1.54) is 38.5 Å². The maximum absolute atomic E-state index is 10.4. The van der Waals surface area contributed by atoms with E-state index in [0.29, 0.717) is 0 Å². The Bertz CT molecular complexity index is 422. The van der Waals surface area contributed by atoms with Crippen molar-refractivity contribution in [3.63, 3.8) is 0 Å². The molecule has 4 heteroatoms. The number of carbonyl (C=O) groups is 1. The summed E-state index contributed by atoms with van der Waals surface area (Å²) in [6.07, 6.45) is 14.2. The van der Waals surface area contributed by atoms with Gasteiger partial charge < -0.3 is 9.90 Å². The predicted octanol–water partition coefficient (Wildman–Crippen LogP) is 1.44. The monoisotopic (exact) mass is 264 g/mol. The van der Waals surface area contributed by atoms with Gasteiger partial charge in [-0.2, -0.15) is 0 Å². The first kappa shape index (κ1) is 15.5. The summed E-state index contributed by atoms with van der Waals surface area (Å²) in [5.41, 5.74) is 0.871. The van der Waals surface area contributed by atoms with Crippen molar-refractivity contribution in [1.29, 1.82) is 0 Å². The molecule has 1 heterocycles. The van der Waals surface area contributed by atoms with Gasteiger partial charge >= 0.3 is 0 Å². The van der Waals surface area contributed by atoms with Crippen LogP contribution in [0.2, 0.25) is 0 Å². The van der Waals surface area contributed by atoms with Gasteiger partial charge in [-0.1, -0.05) is 32.6 Å². The zero-order chi connectivity index (χ0) is 14.1. The molecule has 0 unspecified atom stereocenters. The second-order valence-corrected chi connectivity index (χ2v) is 4.94. The van der Waals surface area contributed by atoms with Crippen LogP contribution in [-0.4, -0.2) is 10.5 Å². The van der Waals surface area contributed by atoms with Crippen LogP contribution >= 0.6 is 0 Å². The molecule has 0 aliphatic rings. The van der Waals surface area contributed by atoms with Crippen LogP contribution in [0.1, 0.15) is 51.1 Å². The van der Waals surface area contributed by atoms with Crippen LogP contribution in [0.4, 0.5) is 0 Å². The van der Waals surface area contributed by atoms with Crippen molar-refractivity contribution < 1.29 is 14.5 Å². The van der Waals surface area contributed by atoms with Crippen molar-refractivity contribution in [2.24, 2.45) is 7.05 Å².